The molecule has 0 bridgehead atoms. The van der Waals surface area contributed by atoms with Crippen molar-refractivity contribution in [2.75, 3.05) is 5.32 Å². The molecule has 2 aliphatic carbocycles. The highest BCUT2D eigenvalue weighted by Crippen LogP contribution is 2.64. The van der Waals surface area contributed by atoms with E-state index in [-0.39, 0.29) is 17.9 Å². The first-order valence-electron chi connectivity index (χ1n) is 10.5. The lowest BCUT2D eigenvalue weighted by Crippen LogP contribution is -2.24. The third-order valence-electron chi connectivity index (χ3n) is 7.14. The van der Waals surface area contributed by atoms with E-state index in [1.165, 1.54) is 6.07 Å². The van der Waals surface area contributed by atoms with Gasteiger partial charge in [0.25, 0.3) is 0 Å². The van der Waals surface area contributed by atoms with Crippen LogP contribution in [0.1, 0.15) is 25.8 Å². The Balaban J connectivity index is 1.13. The number of imidazole rings is 2. The number of fused-ring (bicyclic) bond motifs is 3. The number of halogens is 2. The molecule has 31 heavy (non-hydrogen) atoms. The van der Waals surface area contributed by atoms with Crippen LogP contribution in [0.15, 0.2) is 49.2 Å². The van der Waals surface area contributed by atoms with Crippen molar-refractivity contribution < 1.29 is 13.6 Å². The van der Waals surface area contributed by atoms with Gasteiger partial charge in [0.15, 0.2) is 11.6 Å². The molecule has 1 aromatic carbocycles. The second-order valence-electron chi connectivity index (χ2n) is 8.83. The maximum Gasteiger partial charge on any atom is 0.227 e. The van der Waals surface area contributed by atoms with Gasteiger partial charge in [-0.05, 0) is 42.7 Å². The normalized spacial score (nSPS) is 25.6. The molecule has 0 saturated heterocycles. The molecule has 4 aromatic rings. The molecule has 0 spiro atoms. The zero-order valence-corrected chi connectivity index (χ0v) is 16.9. The molecule has 0 aliphatic heterocycles. The summed E-state index contributed by atoms with van der Waals surface area (Å²) in [7, 11) is 0. The molecule has 6 rings (SSSR count). The number of aromatic nitrogens is 4. The number of hydrogen-bond donors (Lipinski definition) is 1. The van der Waals surface area contributed by atoms with Crippen LogP contribution >= 0.6 is 0 Å². The maximum atomic E-state index is 13.7. The molecule has 5 atom stereocenters. The monoisotopic (exact) mass is 421 g/mol. The second kappa shape index (κ2) is 6.60. The average molecular weight is 421 g/mol. The van der Waals surface area contributed by atoms with Crippen molar-refractivity contribution in [2.45, 2.75) is 25.8 Å². The number of rotatable bonds is 4. The quantitative estimate of drug-likeness (QED) is 0.530. The molecular formula is C23H21F2N5O. The summed E-state index contributed by atoms with van der Waals surface area (Å²) >= 11 is 0. The van der Waals surface area contributed by atoms with Gasteiger partial charge in [-0.3, -0.25) is 4.79 Å². The van der Waals surface area contributed by atoms with Gasteiger partial charge in [-0.2, -0.15) is 0 Å². The number of carbonyl (C=O) groups is 1. The van der Waals surface area contributed by atoms with Crippen molar-refractivity contribution in [1.29, 1.82) is 0 Å². The van der Waals surface area contributed by atoms with Gasteiger partial charge in [0.1, 0.15) is 5.65 Å². The molecule has 8 heteroatoms. The van der Waals surface area contributed by atoms with Crippen LogP contribution < -0.4 is 5.32 Å². The van der Waals surface area contributed by atoms with Gasteiger partial charge >= 0.3 is 0 Å². The first-order valence-corrected chi connectivity index (χ1v) is 10.5. The summed E-state index contributed by atoms with van der Waals surface area (Å²) < 4.78 is 31.0. The molecule has 2 saturated carbocycles. The lowest BCUT2D eigenvalue weighted by molar-refractivity contribution is -0.120. The van der Waals surface area contributed by atoms with Crippen LogP contribution in [0.5, 0.6) is 0 Å². The second-order valence-corrected chi connectivity index (χ2v) is 8.83. The fourth-order valence-electron chi connectivity index (χ4n) is 5.57. The summed E-state index contributed by atoms with van der Waals surface area (Å²) in [6, 6.07) is 6.32. The topological polar surface area (TPSA) is 64.2 Å². The van der Waals surface area contributed by atoms with Crippen LogP contribution in [-0.2, 0) is 4.79 Å². The summed E-state index contributed by atoms with van der Waals surface area (Å²) in [6.45, 7) is 1.99. The summed E-state index contributed by atoms with van der Waals surface area (Å²) in [6.07, 6.45) is 8.97. The van der Waals surface area contributed by atoms with E-state index in [1.54, 1.807) is 12.5 Å². The third-order valence-corrected chi connectivity index (χ3v) is 7.14. The predicted molar refractivity (Wildman–Crippen MR) is 111 cm³/mol. The highest BCUT2D eigenvalue weighted by atomic mass is 19.2. The Hall–Kier alpha value is -3.29. The number of benzene rings is 1. The predicted octanol–water partition coefficient (Wildman–Crippen LogP) is 4.43. The molecule has 1 N–H and O–H groups in total. The lowest BCUT2D eigenvalue weighted by atomic mass is 9.96. The van der Waals surface area contributed by atoms with Crippen molar-refractivity contribution in [3.63, 3.8) is 0 Å². The van der Waals surface area contributed by atoms with E-state index in [0.29, 0.717) is 28.8 Å². The number of nitrogens with zero attached hydrogens (tertiary/aromatic N) is 4. The Kier molecular flexibility index (Phi) is 3.94. The molecule has 1 amide bonds. The van der Waals surface area contributed by atoms with Gasteiger partial charge in [0.2, 0.25) is 5.91 Å². The fraction of sp³-hybridized carbons (Fsp3) is 0.348. The Morgan fingerprint density at radius 1 is 1.16 bits per heavy atom. The van der Waals surface area contributed by atoms with E-state index < -0.39 is 11.6 Å². The minimum absolute atomic E-state index is 0.0287. The van der Waals surface area contributed by atoms with Crippen LogP contribution in [0, 0.1) is 35.3 Å². The largest absolute Gasteiger partial charge is 0.327 e. The molecule has 2 aliphatic rings. The van der Waals surface area contributed by atoms with E-state index in [9.17, 15) is 13.6 Å². The first-order chi connectivity index (χ1) is 15.0. The molecule has 158 valence electrons. The van der Waals surface area contributed by atoms with Gasteiger partial charge < -0.3 is 14.3 Å². The molecule has 3 aromatic heterocycles. The fourth-order valence-corrected chi connectivity index (χ4v) is 5.57. The molecule has 2 fully saturated rings. The van der Waals surface area contributed by atoms with E-state index in [1.807, 2.05) is 40.4 Å². The van der Waals surface area contributed by atoms with Crippen LogP contribution in [-0.4, -0.2) is 24.8 Å². The smallest absolute Gasteiger partial charge is 0.227 e. The standard InChI is InChI=1S/C23H21F2N5O/c1-12(23(31)28-13-2-3-21-26-4-5-29(21)10-13)22-15-6-14(7-16(15)22)30-11-27-19-8-17(24)18(25)9-20(19)30/h2-5,8-12,14-16,22H,6-7H2,1H3,(H,28,31)/t12?,14-,15-,16+,22+. The minimum atomic E-state index is -0.876. The van der Waals surface area contributed by atoms with Crippen LogP contribution in [0.3, 0.4) is 0 Å². The zero-order chi connectivity index (χ0) is 21.3. The molecule has 3 heterocycles. The number of nitrogens with one attached hydrogen (secondary N) is 1. The Labute approximate surface area is 176 Å². The van der Waals surface area contributed by atoms with Crippen molar-refractivity contribution >= 4 is 28.3 Å². The Morgan fingerprint density at radius 2 is 1.94 bits per heavy atom. The summed E-state index contributed by atoms with van der Waals surface area (Å²) in [4.78, 5) is 21.3. The molecule has 1 unspecified atom stereocenters. The van der Waals surface area contributed by atoms with E-state index >= 15 is 0 Å². The van der Waals surface area contributed by atoms with Crippen molar-refractivity contribution in [2.24, 2.45) is 23.7 Å². The number of anilines is 1. The summed E-state index contributed by atoms with van der Waals surface area (Å²) in [5, 5.41) is 3.03. The number of amides is 1. The zero-order valence-electron chi connectivity index (χ0n) is 16.9. The number of hydrogen-bond acceptors (Lipinski definition) is 3. The molecule has 0 radical (unpaired) electrons. The Bertz CT molecular complexity index is 1320. The van der Waals surface area contributed by atoms with Crippen LogP contribution in [0.4, 0.5) is 14.5 Å². The van der Waals surface area contributed by atoms with Gasteiger partial charge in [-0.15, -0.1) is 0 Å². The van der Waals surface area contributed by atoms with Crippen molar-refractivity contribution in [3.8, 4) is 0 Å². The van der Waals surface area contributed by atoms with Crippen molar-refractivity contribution in [1.82, 2.24) is 18.9 Å². The van der Waals surface area contributed by atoms with Gasteiger partial charge in [0, 0.05) is 42.7 Å². The molecule has 6 nitrogen and oxygen atoms in total. The number of carbonyl (C=O) groups excluding carboxylic acids is 1. The number of pyridine rings is 1. The lowest BCUT2D eigenvalue weighted by Gasteiger charge is -2.20. The van der Waals surface area contributed by atoms with Gasteiger partial charge in [-0.25, -0.2) is 18.7 Å². The Morgan fingerprint density at radius 3 is 2.74 bits per heavy atom. The van der Waals surface area contributed by atoms with Crippen LogP contribution in [0.2, 0.25) is 0 Å². The van der Waals surface area contributed by atoms with Gasteiger partial charge in [0.05, 0.1) is 23.0 Å². The van der Waals surface area contributed by atoms with E-state index in [0.717, 1.165) is 30.2 Å². The maximum absolute atomic E-state index is 13.7. The average Bonchev–Trinajstić information content (AvgIpc) is 3.18. The van der Waals surface area contributed by atoms with E-state index in [4.69, 9.17) is 0 Å². The van der Waals surface area contributed by atoms with Gasteiger partial charge in [-0.1, -0.05) is 6.92 Å². The van der Waals surface area contributed by atoms with Crippen molar-refractivity contribution in [3.05, 3.63) is 60.8 Å². The van der Waals surface area contributed by atoms with E-state index in [2.05, 4.69) is 15.3 Å². The minimum Gasteiger partial charge on any atom is -0.327 e. The molecular weight excluding hydrogens is 400 g/mol. The highest BCUT2D eigenvalue weighted by Gasteiger charge is 2.59. The third kappa shape index (κ3) is 2.92. The van der Waals surface area contributed by atoms with Crippen LogP contribution in [0.25, 0.3) is 16.7 Å². The summed E-state index contributed by atoms with van der Waals surface area (Å²) in [5.41, 5.74) is 2.69. The highest BCUT2D eigenvalue weighted by molar-refractivity contribution is 5.92. The first kappa shape index (κ1) is 18.5. The SMILES string of the molecule is CC(C(=O)Nc1ccc2nccn2c1)[C@H]1[C@@H]2C[C@@H](n3cnc4cc(F)c(F)cc43)C[C@@H]21. The summed E-state index contributed by atoms with van der Waals surface area (Å²) in [5.74, 6) is -0.471.